The van der Waals surface area contributed by atoms with E-state index in [2.05, 4.69) is 27.1 Å². The minimum absolute atomic E-state index is 0.00130. The molecular weight excluding hydrogens is 192 g/mol. The average Bonchev–Trinajstić information content (AvgIpc) is 2.16. The molecule has 0 aliphatic heterocycles. The molecule has 0 fully saturated rings. The molecule has 0 radical (unpaired) electrons. The van der Waals surface area contributed by atoms with Gasteiger partial charge in [-0.25, -0.2) is 4.98 Å². The van der Waals surface area contributed by atoms with E-state index in [1.807, 2.05) is 6.92 Å². The Morgan fingerprint density at radius 1 is 1.46 bits per heavy atom. The van der Waals surface area contributed by atoms with Gasteiger partial charge in [0, 0.05) is 12.3 Å². The number of rotatable bonds is 5. The summed E-state index contributed by atoms with van der Waals surface area (Å²) < 4.78 is 14.5. The molecule has 0 saturated heterocycles. The van der Waals surface area contributed by atoms with Crippen LogP contribution in [0.5, 0.6) is 11.9 Å². The normalized spacial score (nSPS) is 9.69. The summed E-state index contributed by atoms with van der Waals surface area (Å²) in [5.41, 5.74) is 0. The molecule has 0 bridgehead atoms. The molecular formula is C7H10N2O3S. The fourth-order valence-electron chi connectivity index (χ4n) is 0.702. The standard InChI is InChI=1S/C7H10N2O3S/c1-2-10-6-3-4-8-7(9-6)11-5-12-13/h3-4,13H,2,5H2,1H3. The number of nitrogens with zero attached hydrogens (tertiary/aromatic N) is 2. The first-order valence-corrected chi connectivity index (χ1v) is 4.08. The highest BCUT2D eigenvalue weighted by Gasteiger charge is 1.99. The molecule has 0 aliphatic carbocycles. The number of hydrogen-bond acceptors (Lipinski definition) is 6. The summed E-state index contributed by atoms with van der Waals surface area (Å²) >= 11 is 3.51. The maximum atomic E-state index is 5.14. The number of thiol groups is 1. The van der Waals surface area contributed by atoms with E-state index in [1.165, 1.54) is 0 Å². The minimum Gasteiger partial charge on any atom is -0.478 e. The Labute approximate surface area is 81.7 Å². The van der Waals surface area contributed by atoms with E-state index in [4.69, 9.17) is 9.47 Å². The van der Waals surface area contributed by atoms with E-state index in [9.17, 15) is 0 Å². The summed E-state index contributed by atoms with van der Waals surface area (Å²) in [5.74, 6) is 0.478. The van der Waals surface area contributed by atoms with Gasteiger partial charge in [-0.2, -0.15) is 4.98 Å². The van der Waals surface area contributed by atoms with Crippen LogP contribution in [-0.4, -0.2) is 23.4 Å². The van der Waals surface area contributed by atoms with E-state index < -0.39 is 0 Å². The molecule has 0 spiro atoms. The van der Waals surface area contributed by atoms with Gasteiger partial charge in [-0.05, 0) is 19.8 Å². The Morgan fingerprint density at radius 2 is 2.31 bits per heavy atom. The Morgan fingerprint density at radius 3 is 3.00 bits per heavy atom. The fraction of sp³-hybridized carbons (Fsp3) is 0.429. The summed E-state index contributed by atoms with van der Waals surface area (Å²) in [5, 5.41) is 0. The van der Waals surface area contributed by atoms with E-state index >= 15 is 0 Å². The second-order valence-corrected chi connectivity index (χ2v) is 2.26. The smallest absolute Gasteiger partial charge is 0.321 e. The zero-order valence-electron chi connectivity index (χ0n) is 7.14. The fourth-order valence-corrected chi connectivity index (χ4v) is 0.755. The third-order valence-corrected chi connectivity index (χ3v) is 1.25. The molecule has 1 aromatic heterocycles. The predicted octanol–water partition coefficient (Wildman–Crippen LogP) is 1.07. The third kappa shape index (κ3) is 3.47. The molecule has 0 aliphatic rings. The highest BCUT2D eigenvalue weighted by atomic mass is 32.1. The summed E-state index contributed by atoms with van der Waals surface area (Å²) in [7, 11) is 0. The monoisotopic (exact) mass is 202 g/mol. The molecule has 0 aromatic carbocycles. The lowest BCUT2D eigenvalue weighted by Gasteiger charge is -2.03. The Bertz CT molecular complexity index is 259. The van der Waals surface area contributed by atoms with Gasteiger partial charge in [0.1, 0.15) is 0 Å². The second kappa shape index (κ2) is 5.60. The molecule has 13 heavy (non-hydrogen) atoms. The first-order valence-electron chi connectivity index (χ1n) is 3.71. The molecule has 1 heterocycles. The van der Waals surface area contributed by atoms with Gasteiger partial charge in [0.05, 0.1) is 6.61 Å². The van der Waals surface area contributed by atoms with Gasteiger partial charge < -0.3 is 9.47 Å². The molecule has 1 aromatic rings. The van der Waals surface area contributed by atoms with E-state index in [0.29, 0.717) is 12.5 Å². The quantitative estimate of drug-likeness (QED) is 0.440. The lowest BCUT2D eigenvalue weighted by atomic mass is 10.6. The highest BCUT2D eigenvalue weighted by Crippen LogP contribution is 2.09. The summed E-state index contributed by atoms with van der Waals surface area (Å²) in [6.45, 7) is 2.43. The molecule has 6 heteroatoms. The predicted molar refractivity (Wildman–Crippen MR) is 48.8 cm³/mol. The van der Waals surface area contributed by atoms with Crippen LogP contribution in [0.1, 0.15) is 6.92 Å². The van der Waals surface area contributed by atoms with Crippen molar-refractivity contribution >= 4 is 12.9 Å². The summed E-state index contributed by atoms with van der Waals surface area (Å²) in [6.07, 6.45) is 1.55. The van der Waals surface area contributed by atoms with Crippen molar-refractivity contribution in [3.8, 4) is 11.9 Å². The van der Waals surface area contributed by atoms with Gasteiger partial charge in [-0.15, -0.1) is 0 Å². The molecule has 0 N–H and O–H groups in total. The van der Waals surface area contributed by atoms with E-state index in [1.54, 1.807) is 12.3 Å². The molecule has 0 atom stereocenters. The number of aromatic nitrogens is 2. The van der Waals surface area contributed by atoms with Crippen molar-refractivity contribution in [1.29, 1.82) is 0 Å². The van der Waals surface area contributed by atoms with Gasteiger partial charge in [-0.3, -0.25) is 4.18 Å². The largest absolute Gasteiger partial charge is 0.478 e. The average molecular weight is 202 g/mol. The van der Waals surface area contributed by atoms with E-state index in [-0.39, 0.29) is 12.8 Å². The van der Waals surface area contributed by atoms with Crippen LogP contribution in [0.25, 0.3) is 0 Å². The zero-order chi connectivity index (χ0) is 9.52. The van der Waals surface area contributed by atoms with Crippen LogP contribution in [0.3, 0.4) is 0 Å². The topological polar surface area (TPSA) is 53.5 Å². The van der Waals surface area contributed by atoms with Crippen LogP contribution >= 0.6 is 12.9 Å². The van der Waals surface area contributed by atoms with Crippen molar-refractivity contribution in [3.05, 3.63) is 12.3 Å². The molecule has 5 nitrogen and oxygen atoms in total. The van der Waals surface area contributed by atoms with Gasteiger partial charge in [0.2, 0.25) is 12.7 Å². The van der Waals surface area contributed by atoms with Crippen molar-refractivity contribution < 1.29 is 13.7 Å². The van der Waals surface area contributed by atoms with Crippen LogP contribution < -0.4 is 9.47 Å². The van der Waals surface area contributed by atoms with Gasteiger partial charge in [-0.1, -0.05) is 0 Å². The molecule has 1 rings (SSSR count). The van der Waals surface area contributed by atoms with Crippen molar-refractivity contribution in [2.75, 3.05) is 13.4 Å². The second-order valence-electron chi connectivity index (χ2n) is 2.00. The maximum absolute atomic E-state index is 5.14. The van der Waals surface area contributed by atoms with Gasteiger partial charge in [0.25, 0.3) is 0 Å². The lowest BCUT2D eigenvalue weighted by Crippen LogP contribution is -2.02. The van der Waals surface area contributed by atoms with Crippen molar-refractivity contribution in [3.63, 3.8) is 0 Å². The van der Waals surface area contributed by atoms with Crippen molar-refractivity contribution in [2.45, 2.75) is 6.92 Å². The summed E-state index contributed by atoms with van der Waals surface area (Å²) in [4.78, 5) is 7.76. The van der Waals surface area contributed by atoms with Crippen molar-refractivity contribution in [1.82, 2.24) is 9.97 Å². The number of hydrogen-bond donors (Lipinski definition) is 1. The van der Waals surface area contributed by atoms with Gasteiger partial charge in [0.15, 0.2) is 0 Å². The third-order valence-electron chi connectivity index (χ3n) is 1.14. The number of ether oxygens (including phenoxy) is 2. The van der Waals surface area contributed by atoms with Crippen LogP contribution in [0.2, 0.25) is 0 Å². The molecule has 0 unspecified atom stereocenters. The van der Waals surface area contributed by atoms with Crippen LogP contribution in [0.15, 0.2) is 12.3 Å². The Balaban J connectivity index is 2.56. The minimum atomic E-state index is -0.00130. The maximum Gasteiger partial charge on any atom is 0.321 e. The lowest BCUT2D eigenvalue weighted by molar-refractivity contribution is 0.132. The SMILES string of the molecule is CCOc1ccnc(OCOS)n1. The van der Waals surface area contributed by atoms with Crippen LogP contribution in [0, 0.1) is 0 Å². The molecule has 0 amide bonds. The Hall–Kier alpha value is -1.01. The van der Waals surface area contributed by atoms with E-state index in [0.717, 1.165) is 0 Å². The van der Waals surface area contributed by atoms with Crippen LogP contribution in [-0.2, 0) is 4.18 Å². The van der Waals surface area contributed by atoms with Crippen molar-refractivity contribution in [2.24, 2.45) is 0 Å². The molecule has 0 saturated carbocycles. The van der Waals surface area contributed by atoms with Gasteiger partial charge >= 0.3 is 6.01 Å². The first-order chi connectivity index (χ1) is 6.36. The highest BCUT2D eigenvalue weighted by molar-refractivity contribution is 7.75. The first kappa shape index (κ1) is 10.1. The summed E-state index contributed by atoms with van der Waals surface area (Å²) in [6, 6.07) is 1.86. The van der Waals surface area contributed by atoms with Crippen LogP contribution in [0.4, 0.5) is 0 Å². The molecule has 72 valence electrons. The Kier molecular flexibility index (Phi) is 4.34. The zero-order valence-corrected chi connectivity index (χ0v) is 8.03.